The molecule has 3 heteroatoms. The van der Waals surface area contributed by atoms with Gasteiger partial charge < -0.3 is 8.85 Å². The number of hydrogen-bond acceptors (Lipinski definition) is 2. The predicted molar refractivity (Wildman–Crippen MR) is 77.6 cm³/mol. The zero-order valence-corrected chi connectivity index (χ0v) is 13.1. The second-order valence-electron chi connectivity index (χ2n) is 4.85. The van der Waals surface area contributed by atoms with Crippen LogP contribution < -0.4 is 0 Å². The first-order valence-corrected chi connectivity index (χ1v) is 9.87. The first-order chi connectivity index (χ1) is 8.12. The van der Waals surface area contributed by atoms with Gasteiger partial charge in [0, 0.05) is 13.2 Å². The Balaban J connectivity index is 3.42. The van der Waals surface area contributed by atoms with Gasteiger partial charge in [0.15, 0.2) is 0 Å². The molecule has 0 rings (SSSR count). The van der Waals surface area contributed by atoms with E-state index in [1.165, 1.54) is 25.7 Å². The minimum atomic E-state index is -1.84. The van der Waals surface area contributed by atoms with Crippen molar-refractivity contribution < 1.29 is 8.85 Å². The molecule has 0 saturated carbocycles. The summed E-state index contributed by atoms with van der Waals surface area (Å²) in [4.78, 5) is 0. The average Bonchev–Trinajstić information content (AvgIpc) is 2.30. The zero-order valence-electron chi connectivity index (χ0n) is 12.1. The Hall–Kier alpha value is -0.123. The topological polar surface area (TPSA) is 18.5 Å². The maximum atomic E-state index is 5.82. The Bertz CT molecular complexity index is 191. The molecule has 0 N–H and O–H groups in total. The summed E-state index contributed by atoms with van der Waals surface area (Å²) in [7, 11) is -1.84. The SMILES string of the molecule is CCCCC/C=C/CCO[Si](C)(C)OCCC. The molecule has 0 aliphatic heterocycles. The second-order valence-corrected chi connectivity index (χ2v) is 8.23. The van der Waals surface area contributed by atoms with Gasteiger partial charge in [-0.25, -0.2) is 0 Å². The number of hydrogen-bond donors (Lipinski definition) is 0. The van der Waals surface area contributed by atoms with Crippen LogP contribution in [0.2, 0.25) is 13.1 Å². The molecule has 0 heterocycles. The highest BCUT2D eigenvalue weighted by Gasteiger charge is 2.23. The molecule has 0 spiro atoms. The standard InChI is InChI=1S/C14H30O2Si/c1-5-7-8-9-10-11-12-14-16-17(3,4)15-13-6-2/h10-11H,5-9,12-14H2,1-4H3/b11-10+. The van der Waals surface area contributed by atoms with E-state index in [2.05, 4.69) is 39.1 Å². The lowest BCUT2D eigenvalue weighted by Crippen LogP contribution is -2.35. The predicted octanol–water partition coefficient (Wildman–Crippen LogP) is 4.66. The second kappa shape index (κ2) is 11.0. The van der Waals surface area contributed by atoms with Crippen LogP contribution in [-0.2, 0) is 8.85 Å². The molecule has 0 aromatic rings. The lowest BCUT2D eigenvalue weighted by atomic mass is 10.2. The molecule has 0 aromatic carbocycles. The van der Waals surface area contributed by atoms with E-state index in [-0.39, 0.29) is 0 Å². The molecule has 0 aliphatic rings. The van der Waals surface area contributed by atoms with Crippen LogP contribution in [0.15, 0.2) is 12.2 Å². The van der Waals surface area contributed by atoms with Crippen LogP contribution in [0, 0.1) is 0 Å². The van der Waals surface area contributed by atoms with Gasteiger partial charge in [0.1, 0.15) is 0 Å². The quantitative estimate of drug-likeness (QED) is 0.305. The van der Waals surface area contributed by atoms with Crippen LogP contribution in [0.1, 0.15) is 52.4 Å². The van der Waals surface area contributed by atoms with Gasteiger partial charge in [-0.15, -0.1) is 0 Å². The van der Waals surface area contributed by atoms with Crippen molar-refractivity contribution in [3.8, 4) is 0 Å². The summed E-state index contributed by atoms with van der Waals surface area (Å²) in [5, 5.41) is 0. The van der Waals surface area contributed by atoms with Crippen LogP contribution in [0.4, 0.5) is 0 Å². The summed E-state index contributed by atoms with van der Waals surface area (Å²) < 4.78 is 11.6. The Kier molecular flexibility index (Phi) is 10.9. The van der Waals surface area contributed by atoms with E-state index in [1.807, 2.05) is 0 Å². The molecule has 0 amide bonds. The Morgan fingerprint density at radius 2 is 1.47 bits per heavy atom. The minimum Gasteiger partial charge on any atom is -0.395 e. The molecule has 0 aliphatic carbocycles. The van der Waals surface area contributed by atoms with Crippen molar-refractivity contribution in [3.05, 3.63) is 12.2 Å². The van der Waals surface area contributed by atoms with E-state index in [0.29, 0.717) is 0 Å². The molecular weight excluding hydrogens is 228 g/mol. The van der Waals surface area contributed by atoms with E-state index >= 15 is 0 Å². The highest BCUT2D eigenvalue weighted by atomic mass is 28.4. The summed E-state index contributed by atoms with van der Waals surface area (Å²) in [6.07, 6.45) is 11.8. The molecule has 102 valence electrons. The maximum absolute atomic E-state index is 5.82. The first-order valence-electron chi connectivity index (χ1n) is 7.05. The Morgan fingerprint density at radius 3 is 2.12 bits per heavy atom. The van der Waals surface area contributed by atoms with Crippen molar-refractivity contribution in [3.63, 3.8) is 0 Å². The number of unbranched alkanes of at least 4 members (excludes halogenated alkanes) is 3. The lowest BCUT2D eigenvalue weighted by Gasteiger charge is -2.22. The van der Waals surface area contributed by atoms with Crippen LogP contribution >= 0.6 is 0 Å². The first kappa shape index (κ1) is 16.9. The van der Waals surface area contributed by atoms with E-state index in [4.69, 9.17) is 8.85 Å². The molecular formula is C14H30O2Si. The molecule has 0 unspecified atom stereocenters. The smallest absolute Gasteiger partial charge is 0.331 e. The number of allylic oxidation sites excluding steroid dienone is 1. The van der Waals surface area contributed by atoms with E-state index < -0.39 is 8.56 Å². The van der Waals surface area contributed by atoms with Crippen molar-refractivity contribution in [1.82, 2.24) is 0 Å². The van der Waals surface area contributed by atoms with Crippen LogP contribution in [-0.4, -0.2) is 21.8 Å². The molecule has 0 bridgehead atoms. The van der Waals surface area contributed by atoms with Crippen LogP contribution in [0.25, 0.3) is 0 Å². The normalized spacial score (nSPS) is 12.5. The molecule has 0 aromatic heterocycles. The number of rotatable bonds is 11. The van der Waals surface area contributed by atoms with Gasteiger partial charge in [-0.05, 0) is 38.8 Å². The molecule has 2 nitrogen and oxygen atoms in total. The van der Waals surface area contributed by atoms with Gasteiger partial charge in [-0.2, -0.15) is 0 Å². The monoisotopic (exact) mass is 258 g/mol. The Labute approximate surface area is 109 Å². The zero-order chi connectivity index (χ0) is 13.0. The fourth-order valence-electron chi connectivity index (χ4n) is 1.51. The summed E-state index contributed by atoms with van der Waals surface area (Å²) in [6.45, 7) is 10.2. The Morgan fingerprint density at radius 1 is 0.824 bits per heavy atom. The minimum absolute atomic E-state index is 0.799. The van der Waals surface area contributed by atoms with Crippen molar-refractivity contribution >= 4 is 8.56 Å². The maximum Gasteiger partial charge on any atom is 0.331 e. The molecule has 0 saturated heterocycles. The third-order valence-electron chi connectivity index (χ3n) is 2.53. The molecule has 17 heavy (non-hydrogen) atoms. The van der Waals surface area contributed by atoms with E-state index in [0.717, 1.165) is 26.1 Å². The molecule has 0 fully saturated rings. The van der Waals surface area contributed by atoms with Gasteiger partial charge >= 0.3 is 8.56 Å². The van der Waals surface area contributed by atoms with Gasteiger partial charge in [0.25, 0.3) is 0 Å². The summed E-state index contributed by atoms with van der Waals surface area (Å²) >= 11 is 0. The summed E-state index contributed by atoms with van der Waals surface area (Å²) in [5.74, 6) is 0. The van der Waals surface area contributed by atoms with Gasteiger partial charge in [0.2, 0.25) is 0 Å². The molecule has 0 atom stereocenters. The molecule has 0 radical (unpaired) electrons. The van der Waals surface area contributed by atoms with E-state index in [1.54, 1.807) is 0 Å². The lowest BCUT2D eigenvalue weighted by molar-refractivity contribution is 0.182. The van der Waals surface area contributed by atoms with Crippen molar-refractivity contribution in [2.45, 2.75) is 65.5 Å². The van der Waals surface area contributed by atoms with Gasteiger partial charge in [-0.1, -0.05) is 38.8 Å². The largest absolute Gasteiger partial charge is 0.395 e. The van der Waals surface area contributed by atoms with Crippen molar-refractivity contribution in [1.29, 1.82) is 0 Å². The fourth-order valence-corrected chi connectivity index (χ4v) is 2.90. The van der Waals surface area contributed by atoms with Gasteiger partial charge in [0.05, 0.1) is 0 Å². The highest BCUT2D eigenvalue weighted by molar-refractivity contribution is 6.64. The van der Waals surface area contributed by atoms with Crippen molar-refractivity contribution in [2.75, 3.05) is 13.2 Å². The summed E-state index contributed by atoms with van der Waals surface area (Å²) in [5.41, 5.74) is 0. The highest BCUT2D eigenvalue weighted by Crippen LogP contribution is 2.08. The average molecular weight is 258 g/mol. The van der Waals surface area contributed by atoms with Crippen LogP contribution in [0.5, 0.6) is 0 Å². The third-order valence-corrected chi connectivity index (χ3v) is 4.33. The van der Waals surface area contributed by atoms with Crippen LogP contribution in [0.3, 0.4) is 0 Å². The third kappa shape index (κ3) is 12.1. The van der Waals surface area contributed by atoms with Gasteiger partial charge in [-0.3, -0.25) is 0 Å². The van der Waals surface area contributed by atoms with Crippen molar-refractivity contribution in [2.24, 2.45) is 0 Å². The van der Waals surface area contributed by atoms with E-state index in [9.17, 15) is 0 Å². The summed E-state index contributed by atoms with van der Waals surface area (Å²) in [6, 6.07) is 0. The fraction of sp³-hybridized carbons (Fsp3) is 0.857.